The first kappa shape index (κ1) is 12.2. The van der Waals surface area contributed by atoms with E-state index in [1.54, 1.807) is 0 Å². The van der Waals surface area contributed by atoms with Gasteiger partial charge in [-0.15, -0.1) is 8.78 Å². The second-order valence-corrected chi connectivity index (χ2v) is 5.50. The molecular formula is C11H6BrClF2O3. The Labute approximate surface area is 114 Å². The Bertz CT molecular complexity index is 557. The van der Waals surface area contributed by atoms with Crippen molar-refractivity contribution in [1.82, 2.24) is 0 Å². The molecule has 0 N–H and O–H groups in total. The van der Waals surface area contributed by atoms with Crippen LogP contribution in [0.1, 0.15) is 18.4 Å². The van der Waals surface area contributed by atoms with Gasteiger partial charge in [-0.25, -0.2) is 0 Å². The summed E-state index contributed by atoms with van der Waals surface area (Å²) in [4.78, 5) is 11.4. The number of rotatable bonds is 2. The van der Waals surface area contributed by atoms with Gasteiger partial charge in [-0.1, -0.05) is 15.9 Å². The van der Waals surface area contributed by atoms with E-state index in [1.165, 1.54) is 12.1 Å². The highest BCUT2D eigenvalue weighted by molar-refractivity contribution is 9.10. The van der Waals surface area contributed by atoms with E-state index in [-0.39, 0.29) is 11.5 Å². The van der Waals surface area contributed by atoms with Crippen LogP contribution in [0.25, 0.3) is 0 Å². The third kappa shape index (κ3) is 1.70. The normalized spacial score (nSPS) is 21.8. The number of hydrogen-bond acceptors (Lipinski definition) is 3. The average Bonchev–Trinajstić information content (AvgIpc) is 2.97. The van der Waals surface area contributed by atoms with Gasteiger partial charge in [-0.3, -0.25) is 4.79 Å². The lowest BCUT2D eigenvalue weighted by Crippen LogP contribution is -2.26. The maximum atomic E-state index is 12.9. The van der Waals surface area contributed by atoms with Gasteiger partial charge in [0.1, 0.15) is 0 Å². The van der Waals surface area contributed by atoms with Crippen molar-refractivity contribution in [2.75, 3.05) is 0 Å². The predicted molar refractivity (Wildman–Crippen MR) is 62.1 cm³/mol. The van der Waals surface area contributed by atoms with Gasteiger partial charge in [0.25, 0.3) is 0 Å². The topological polar surface area (TPSA) is 35.5 Å². The molecule has 1 aromatic rings. The number of fused-ring (bicyclic) bond motifs is 1. The molecule has 0 atom stereocenters. The zero-order valence-corrected chi connectivity index (χ0v) is 11.1. The average molecular weight is 340 g/mol. The van der Waals surface area contributed by atoms with Crippen LogP contribution in [0.5, 0.6) is 11.5 Å². The lowest BCUT2D eigenvalue weighted by Gasteiger charge is -2.13. The first-order chi connectivity index (χ1) is 8.34. The molecule has 7 heteroatoms. The molecule has 1 heterocycles. The van der Waals surface area contributed by atoms with Crippen LogP contribution in [0.4, 0.5) is 8.78 Å². The Balaban J connectivity index is 2.08. The van der Waals surface area contributed by atoms with Gasteiger partial charge in [-0.05, 0) is 42.1 Å². The van der Waals surface area contributed by atoms with Crippen LogP contribution in [0.15, 0.2) is 16.6 Å². The molecule has 1 saturated carbocycles. The molecule has 1 fully saturated rings. The van der Waals surface area contributed by atoms with Gasteiger partial charge >= 0.3 is 6.29 Å². The molecule has 1 aromatic carbocycles. The maximum absolute atomic E-state index is 12.9. The van der Waals surface area contributed by atoms with Crippen molar-refractivity contribution in [1.29, 1.82) is 0 Å². The van der Waals surface area contributed by atoms with E-state index in [4.69, 9.17) is 11.6 Å². The number of benzene rings is 1. The molecular weight excluding hydrogens is 333 g/mol. The van der Waals surface area contributed by atoms with Crippen molar-refractivity contribution in [3.63, 3.8) is 0 Å². The van der Waals surface area contributed by atoms with Gasteiger partial charge in [0.2, 0.25) is 5.24 Å². The van der Waals surface area contributed by atoms with Crippen molar-refractivity contribution in [3.05, 3.63) is 22.2 Å². The van der Waals surface area contributed by atoms with Crippen molar-refractivity contribution in [2.45, 2.75) is 24.6 Å². The lowest BCUT2D eigenvalue weighted by atomic mass is 9.97. The Morgan fingerprint density at radius 3 is 2.33 bits per heavy atom. The minimum atomic E-state index is -3.66. The Kier molecular flexibility index (Phi) is 2.41. The summed E-state index contributed by atoms with van der Waals surface area (Å²) in [7, 11) is 0. The second-order valence-electron chi connectivity index (χ2n) is 4.30. The van der Waals surface area contributed by atoms with Crippen LogP contribution in [0.2, 0.25) is 0 Å². The largest absolute Gasteiger partial charge is 0.586 e. The Hall–Kier alpha value is -0.880. The summed E-state index contributed by atoms with van der Waals surface area (Å²) in [5.41, 5.74) is -0.223. The zero-order chi connectivity index (χ0) is 13.1. The zero-order valence-electron chi connectivity index (χ0n) is 8.81. The van der Waals surface area contributed by atoms with Crippen LogP contribution in [0, 0.1) is 0 Å². The molecule has 0 spiro atoms. The van der Waals surface area contributed by atoms with Gasteiger partial charge in [0.15, 0.2) is 11.5 Å². The number of carbonyl (C=O) groups excluding carboxylic acids is 1. The highest BCUT2D eigenvalue weighted by atomic mass is 79.9. The van der Waals surface area contributed by atoms with Gasteiger partial charge in [-0.2, -0.15) is 0 Å². The molecule has 0 amide bonds. The predicted octanol–water partition coefficient (Wildman–Crippen LogP) is 3.57. The number of carbonyl (C=O) groups is 1. The molecule has 0 radical (unpaired) electrons. The smallest absolute Gasteiger partial charge is 0.395 e. The van der Waals surface area contributed by atoms with Crippen molar-refractivity contribution < 1.29 is 23.0 Å². The van der Waals surface area contributed by atoms with Crippen LogP contribution in [-0.2, 0) is 10.2 Å². The van der Waals surface area contributed by atoms with E-state index in [1.807, 2.05) is 0 Å². The van der Waals surface area contributed by atoms with Gasteiger partial charge < -0.3 is 9.47 Å². The van der Waals surface area contributed by atoms with Crippen molar-refractivity contribution >= 4 is 32.8 Å². The molecule has 3 nitrogen and oxygen atoms in total. The van der Waals surface area contributed by atoms with Crippen molar-refractivity contribution in [2.24, 2.45) is 0 Å². The number of ether oxygens (including phenoxy) is 2. The lowest BCUT2D eigenvalue weighted by molar-refractivity contribution is -0.286. The molecule has 96 valence electrons. The summed E-state index contributed by atoms with van der Waals surface area (Å²) in [5, 5.41) is -0.492. The number of halogens is 4. The first-order valence-electron chi connectivity index (χ1n) is 5.14. The van der Waals surface area contributed by atoms with Crippen LogP contribution in [-0.4, -0.2) is 11.5 Å². The first-order valence-corrected chi connectivity index (χ1v) is 6.31. The number of alkyl halides is 2. The van der Waals surface area contributed by atoms with E-state index >= 15 is 0 Å². The molecule has 0 unspecified atom stereocenters. The fourth-order valence-electron chi connectivity index (χ4n) is 2.04. The fraction of sp³-hybridized carbons (Fsp3) is 0.364. The number of hydrogen-bond donors (Lipinski definition) is 0. The van der Waals surface area contributed by atoms with E-state index in [9.17, 15) is 13.6 Å². The summed E-state index contributed by atoms with van der Waals surface area (Å²) in [6.07, 6.45) is -2.46. The minimum Gasteiger partial charge on any atom is -0.395 e. The molecule has 1 aliphatic carbocycles. The third-order valence-corrected chi connectivity index (χ3v) is 4.15. The van der Waals surface area contributed by atoms with Crippen LogP contribution >= 0.6 is 27.5 Å². The maximum Gasteiger partial charge on any atom is 0.586 e. The molecule has 0 bridgehead atoms. The minimum absolute atomic E-state index is 0.0616. The monoisotopic (exact) mass is 338 g/mol. The summed E-state index contributed by atoms with van der Waals surface area (Å²) < 4.78 is 35.0. The van der Waals surface area contributed by atoms with Gasteiger partial charge in [0.05, 0.1) is 5.41 Å². The SMILES string of the molecule is O=C(Cl)C1(c2cc3c(cc2Br)OC(F)(F)O3)CC1. The second kappa shape index (κ2) is 3.57. The highest BCUT2D eigenvalue weighted by Gasteiger charge is 2.53. The quantitative estimate of drug-likeness (QED) is 0.773. The van der Waals surface area contributed by atoms with E-state index in [0.717, 1.165) is 0 Å². The highest BCUT2D eigenvalue weighted by Crippen LogP contribution is 2.55. The third-order valence-electron chi connectivity index (χ3n) is 3.13. The Morgan fingerprint density at radius 1 is 1.28 bits per heavy atom. The Morgan fingerprint density at radius 2 is 1.83 bits per heavy atom. The van der Waals surface area contributed by atoms with E-state index in [2.05, 4.69) is 25.4 Å². The van der Waals surface area contributed by atoms with E-state index < -0.39 is 17.0 Å². The summed E-state index contributed by atoms with van der Waals surface area (Å²) in [5.74, 6) is -0.143. The summed E-state index contributed by atoms with van der Waals surface area (Å²) in [6, 6.07) is 2.75. The molecule has 1 aliphatic heterocycles. The van der Waals surface area contributed by atoms with Crippen LogP contribution in [0.3, 0.4) is 0 Å². The fourth-order valence-corrected chi connectivity index (χ4v) is 3.03. The van der Waals surface area contributed by atoms with Crippen LogP contribution < -0.4 is 9.47 Å². The molecule has 18 heavy (non-hydrogen) atoms. The summed E-state index contributed by atoms with van der Waals surface area (Å²) in [6.45, 7) is 0. The standard InChI is InChI=1S/C11H6BrClF2O3/c12-6-4-8-7(17-11(14,15)18-8)3-5(6)10(1-2-10)9(13)16/h3-4H,1-2H2. The van der Waals surface area contributed by atoms with E-state index in [0.29, 0.717) is 22.9 Å². The van der Waals surface area contributed by atoms with Gasteiger partial charge in [0, 0.05) is 4.47 Å². The van der Waals surface area contributed by atoms with Crippen molar-refractivity contribution in [3.8, 4) is 11.5 Å². The molecule has 0 aromatic heterocycles. The molecule has 2 aliphatic rings. The molecule has 0 saturated heterocycles. The summed E-state index contributed by atoms with van der Waals surface area (Å²) >= 11 is 8.81. The molecule has 3 rings (SSSR count).